The molecule has 1 aromatic carbocycles. The van der Waals surface area contributed by atoms with Crippen LogP contribution in [0.25, 0.3) is 0 Å². The standard InChI is InChI=1S/C16H21BF2O2/c1-15(2)16(3,4)21-17(20-15)13-9-12(13)10-5-7-11(8-6-10)14(18)19/h5-8,12-14H,9H2,1-4H3/t12-,13+/m1/s1. The lowest BCUT2D eigenvalue weighted by molar-refractivity contribution is 0.00578. The van der Waals surface area contributed by atoms with Crippen LogP contribution in [0.3, 0.4) is 0 Å². The maximum atomic E-state index is 12.6. The van der Waals surface area contributed by atoms with Crippen molar-refractivity contribution in [2.24, 2.45) is 0 Å². The number of alkyl halides is 2. The van der Waals surface area contributed by atoms with Crippen LogP contribution in [0.1, 0.15) is 57.6 Å². The summed E-state index contributed by atoms with van der Waals surface area (Å²) in [6.45, 7) is 8.17. The summed E-state index contributed by atoms with van der Waals surface area (Å²) in [6.07, 6.45) is -1.41. The summed E-state index contributed by atoms with van der Waals surface area (Å²) in [5, 5.41) is 0. The molecule has 3 rings (SSSR count). The highest BCUT2D eigenvalue weighted by Crippen LogP contribution is 2.58. The minimum absolute atomic E-state index is 0.0755. The van der Waals surface area contributed by atoms with Crippen LogP contribution in [0.15, 0.2) is 24.3 Å². The molecule has 2 fully saturated rings. The smallest absolute Gasteiger partial charge is 0.403 e. The molecule has 0 aromatic heterocycles. The molecule has 1 aromatic rings. The van der Waals surface area contributed by atoms with Gasteiger partial charge in [0.2, 0.25) is 0 Å². The molecule has 1 saturated carbocycles. The Hall–Kier alpha value is -0.935. The highest BCUT2D eigenvalue weighted by atomic mass is 19.3. The normalized spacial score (nSPS) is 30.0. The van der Waals surface area contributed by atoms with Gasteiger partial charge in [-0.2, -0.15) is 0 Å². The zero-order chi connectivity index (χ0) is 15.4. The summed E-state index contributed by atoms with van der Waals surface area (Å²) in [6, 6.07) is 6.63. The van der Waals surface area contributed by atoms with Gasteiger partial charge in [0, 0.05) is 11.4 Å². The van der Waals surface area contributed by atoms with Crippen molar-refractivity contribution in [1.29, 1.82) is 0 Å². The summed E-state index contributed by atoms with van der Waals surface area (Å²) in [4.78, 5) is 0. The zero-order valence-corrected chi connectivity index (χ0v) is 12.9. The predicted molar refractivity (Wildman–Crippen MR) is 78.6 cm³/mol. The lowest BCUT2D eigenvalue weighted by Crippen LogP contribution is -2.41. The van der Waals surface area contributed by atoms with Crippen LogP contribution >= 0.6 is 0 Å². The van der Waals surface area contributed by atoms with Crippen LogP contribution in [-0.2, 0) is 9.31 Å². The molecule has 0 bridgehead atoms. The van der Waals surface area contributed by atoms with E-state index in [0.717, 1.165) is 12.0 Å². The lowest BCUT2D eigenvalue weighted by atomic mass is 9.79. The molecule has 2 aliphatic rings. The van der Waals surface area contributed by atoms with E-state index >= 15 is 0 Å². The zero-order valence-electron chi connectivity index (χ0n) is 12.9. The predicted octanol–water partition coefficient (Wildman–Crippen LogP) is 4.57. The Kier molecular flexibility index (Phi) is 3.41. The van der Waals surface area contributed by atoms with E-state index in [1.807, 2.05) is 27.7 Å². The van der Waals surface area contributed by atoms with Gasteiger partial charge in [-0.05, 0) is 45.6 Å². The van der Waals surface area contributed by atoms with Gasteiger partial charge < -0.3 is 9.31 Å². The fourth-order valence-electron chi connectivity index (χ4n) is 2.85. The maximum absolute atomic E-state index is 12.6. The first-order chi connectivity index (χ1) is 9.71. The number of hydrogen-bond acceptors (Lipinski definition) is 2. The molecule has 2 nitrogen and oxygen atoms in total. The molecule has 0 spiro atoms. The van der Waals surface area contributed by atoms with E-state index < -0.39 is 6.43 Å². The third-order valence-corrected chi connectivity index (χ3v) is 5.08. The van der Waals surface area contributed by atoms with E-state index in [2.05, 4.69) is 0 Å². The fraction of sp³-hybridized carbons (Fsp3) is 0.625. The molecular formula is C16H21BF2O2. The molecule has 0 radical (unpaired) electrons. The van der Waals surface area contributed by atoms with E-state index in [1.54, 1.807) is 12.1 Å². The number of hydrogen-bond donors (Lipinski definition) is 0. The van der Waals surface area contributed by atoms with Crippen molar-refractivity contribution in [1.82, 2.24) is 0 Å². The average Bonchev–Trinajstić information content (AvgIpc) is 3.13. The second-order valence-electron chi connectivity index (χ2n) is 7.10. The summed E-state index contributed by atoms with van der Waals surface area (Å²) >= 11 is 0. The molecular weight excluding hydrogens is 273 g/mol. The van der Waals surface area contributed by atoms with Crippen LogP contribution in [-0.4, -0.2) is 18.3 Å². The second-order valence-corrected chi connectivity index (χ2v) is 7.10. The molecule has 5 heteroatoms. The van der Waals surface area contributed by atoms with Gasteiger partial charge in [-0.25, -0.2) is 8.78 Å². The van der Waals surface area contributed by atoms with Crippen LogP contribution in [0.4, 0.5) is 8.78 Å². The molecule has 0 N–H and O–H groups in total. The van der Waals surface area contributed by atoms with Gasteiger partial charge in [-0.15, -0.1) is 0 Å². The Morgan fingerprint density at radius 2 is 1.57 bits per heavy atom. The van der Waals surface area contributed by atoms with E-state index in [4.69, 9.17) is 9.31 Å². The topological polar surface area (TPSA) is 18.5 Å². The first kappa shape index (κ1) is 15.0. The quantitative estimate of drug-likeness (QED) is 0.760. The van der Waals surface area contributed by atoms with Gasteiger partial charge in [-0.3, -0.25) is 0 Å². The molecule has 1 aliphatic carbocycles. The van der Waals surface area contributed by atoms with Crippen molar-refractivity contribution < 1.29 is 18.1 Å². The van der Waals surface area contributed by atoms with Gasteiger partial charge in [0.05, 0.1) is 11.2 Å². The van der Waals surface area contributed by atoms with Crippen molar-refractivity contribution >= 4 is 7.12 Å². The first-order valence-electron chi connectivity index (χ1n) is 7.45. The minimum atomic E-state index is -2.41. The highest BCUT2D eigenvalue weighted by molar-refractivity contribution is 6.49. The van der Waals surface area contributed by atoms with Gasteiger partial charge in [0.1, 0.15) is 0 Å². The Morgan fingerprint density at radius 1 is 1.05 bits per heavy atom. The van der Waals surface area contributed by atoms with E-state index in [1.165, 1.54) is 12.1 Å². The first-order valence-corrected chi connectivity index (χ1v) is 7.45. The van der Waals surface area contributed by atoms with Gasteiger partial charge in [-0.1, -0.05) is 24.3 Å². The fourth-order valence-corrected chi connectivity index (χ4v) is 2.85. The molecule has 2 atom stereocenters. The molecule has 21 heavy (non-hydrogen) atoms. The van der Waals surface area contributed by atoms with Crippen molar-refractivity contribution in [3.05, 3.63) is 35.4 Å². The molecule has 114 valence electrons. The van der Waals surface area contributed by atoms with Crippen LogP contribution in [0.2, 0.25) is 5.82 Å². The molecule has 1 saturated heterocycles. The van der Waals surface area contributed by atoms with Crippen molar-refractivity contribution in [2.45, 2.75) is 63.5 Å². The number of benzene rings is 1. The van der Waals surface area contributed by atoms with Crippen LogP contribution in [0.5, 0.6) is 0 Å². The number of rotatable bonds is 3. The number of halogens is 2. The summed E-state index contributed by atoms with van der Waals surface area (Å²) < 4.78 is 37.3. The Morgan fingerprint density at radius 3 is 2.05 bits per heavy atom. The molecule has 1 aliphatic heterocycles. The van der Waals surface area contributed by atoms with Crippen molar-refractivity contribution in [3.8, 4) is 0 Å². The SMILES string of the molecule is CC1(C)OB([C@H]2C[C@@H]2c2ccc(C(F)F)cc2)OC1(C)C. The Balaban J connectivity index is 1.67. The highest BCUT2D eigenvalue weighted by Gasteiger charge is 2.59. The van der Waals surface area contributed by atoms with Crippen molar-refractivity contribution in [2.75, 3.05) is 0 Å². The van der Waals surface area contributed by atoms with Crippen molar-refractivity contribution in [3.63, 3.8) is 0 Å². The third kappa shape index (κ3) is 2.62. The second kappa shape index (κ2) is 4.78. The molecule has 0 unspecified atom stereocenters. The summed E-state index contributed by atoms with van der Waals surface area (Å²) in [7, 11) is -0.199. The third-order valence-electron chi connectivity index (χ3n) is 5.08. The monoisotopic (exact) mass is 294 g/mol. The van der Waals surface area contributed by atoms with Gasteiger partial charge >= 0.3 is 7.12 Å². The maximum Gasteiger partial charge on any atom is 0.461 e. The average molecular weight is 294 g/mol. The Bertz CT molecular complexity index is 512. The molecule has 1 heterocycles. The van der Waals surface area contributed by atoms with Crippen LogP contribution in [0, 0.1) is 0 Å². The van der Waals surface area contributed by atoms with E-state index in [0.29, 0.717) is 11.7 Å². The van der Waals surface area contributed by atoms with Gasteiger partial charge in [0.25, 0.3) is 6.43 Å². The summed E-state index contributed by atoms with van der Waals surface area (Å²) in [5.74, 6) is 0.676. The summed E-state index contributed by atoms with van der Waals surface area (Å²) in [5.41, 5.74) is 0.542. The Labute approximate surface area is 125 Å². The lowest BCUT2D eigenvalue weighted by Gasteiger charge is -2.32. The van der Waals surface area contributed by atoms with Gasteiger partial charge in [0.15, 0.2) is 0 Å². The minimum Gasteiger partial charge on any atom is -0.403 e. The van der Waals surface area contributed by atoms with E-state index in [9.17, 15) is 8.78 Å². The largest absolute Gasteiger partial charge is 0.461 e. The van der Waals surface area contributed by atoms with Crippen LogP contribution < -0.4 is 0 Å². The molecule has 0 amide bonds. The van der Waals surface area contributed by atoms with E-state index in [-0.39, 0.29) is 23.9 Å².